The SMILES string of the molecule is C=C(COc1cc2ccccc2cc1C(=O)N[C@H](C)c1ccccc1)COc1cc2ccccc2cc1C(=O)N[C@H](C)c1ccccc1. The van der Waals surface area contributed by atoms with Crippen molar-refractivity contribution in [1.82, 2.24) is 10.6 Å². The highest BCUT2D eigenvalue weighted by atomic mass is 16.5. The Morgan fingerprint density at radius 2 is 0.875 bits per heavy atom. The molecule has 240 valence electrons. The fraction of sp³-hybridized carbons (Fsp3) is 0.143. The maximum atomic E-state index is 13.5. The van der Waals surface area contributed by atoms with Crippen molar-refractivity contribution in [2.24, 2.45) is 0 Å². The van der Waals surface area contributed by atoms with Crippen molar-refractivity contribution in [3.8, 4) is 11.5 Å². The van der Waals surface area contributed by atoms with Gasteiger partial charge in [0.2, 0.25) is 0 Å². The van der Waals surface area contributed by atoms with Crippen LogP contribution in [-0.4, -0.2) is 25.0 Å². The van der Waals surface area contributed by atoms with Gasteiger partial charge in [0, 0.05) is 0 Å². The minimum absolute atomic E-state index is 0.118. The van der Waals surface area contributed by atoms with E-state index < -0.39 is 0 Å². The summed E-state index contributed by atoms with van der Waals surface area (Å²) in [5, 5.41) is 10.00. The third-order valence-electron chi connectivity index (χ3n) is 8.34. The standard InChI is InChI=1S/C42H38N2O4/c1-28(26-47-39-24-35-20-12-10-18-33(35)22-37(39)41(45)43-29(2)31-14-6-4-7-15-31)27-48-40-25-36-21-13-11-19-34(36)23-38(40)42(46)44-30(3)32-16-8-5-9-17-32/h4-25,29-30H,1,26-27H2,2-3H3,(H,43,45)(H,44,46)/t29-,30-/m1/s1. The van der Waals surface area contributed by atoms with Crippen molar-refractivity contribution >= 4 is 33.4 Å². The van der Waals surface area contributed by atoms with Crippen molar-refractivity contribution in [1.29, 1.82) is 0 Å². The number of amides is 2. The lowest BCUT2D eigenvalue weighted by Crippen LogP contribution is -2.27. The molecule has 0 spiro atoms. The molecule has 0 unspecified atom stereocenters. The number of hydrogen-bond donors (Lipinski definition) is 2. The molecule has 2 atom stereocenters. The van der Waals surface area contributed by atoms with Crippen molar-refractivity contribution in [3.63, 3.8) is 0 Å². The molecule has 2 N–H and O–H groups in total. The topological polar surface area (TPSA) is 76.7 Å². The van der Waals surface area contributed by atoms with Crippen LogP contribution in [0.25, 0.3) is 21.5 Å². The molecule has 0 aliphatic heterocycles. The molecule has 0 bridgehead atoms. The minimum atomic E-state index is -0.231. The molecule has 0 aliphatic rings. The Balaban J connectivity index is 1.17. The zero-order valence-electron chi connectivity index (χ0n) is 27.1. The summed E-state index contributed by atoms with van der Waals surface area (Å²) in [6.07, 6.45) is 0. The van der Waals surface area contributed by atoms with E-state index in [9.17, 15) is 9.59 Å². The van der Waals surface area contributed by atoms with E-state index >= 15 is 0 Å². The van der Waals surface area contributed by atoms with E-state index in [-0.39, 0.29) is 37.1 Å². The van der Waals surface area contributed by atoms with Gasteiger partial charge in [0.25, 0.3) is 11.8 Å². The van der Waals surface area contributed by atoms with Gasteiger partial charge in [-0.1, -0.05) is 116 Å². The third kappa shape index (κ3) is 7.56. The van der Waals surface area contributed by atoms with Gasteiger partial charge in [0.1, 0.15) is 24.7 Å². The number of hydrogen-bond acceptors (Lipinski definition) is 4. The average Bonchev–Trinajstić information content (AvgIpc) is 3.12. The molecule has 0 aromatic heterocycles. The highest BCUT2D eigenvalue weighted by Gasteiger charge is 2.19. The summed E-state index contributed by atoms with van der Waals surface area (Å²) < 4.78 is 12.5. The average molecular weight is 635 g/mol. The summed E-state index contributed by atoms with van der Waals surface area (Å²) in [6, 6.07) is 42.5. The number of fused-ring (bicyclic) bond motifs is 2. The molecule has 0 aliphatic carbocycles. The highest BCUT2D eigenvalue weighted by Crippen LogP contribution is 2.29. The van der Waals surface area contributed by atoms with Gasteiger partial charge in [-0.25, -0.2) is 0 Å². The Morgan fingerprint density at radius 3 is 1.25 bits per heavy atom. The van der Waals surface area contributed by atoms with E-state index in [0.29, 0.717) is 28.2 Å². The van der Waals surface area contributed by atoms with Crippen LogP contribution in [0.2, 0.25) is 0 Å². The predicted molar refractivity (Wildman–Crippen MR) is 193 cm³/mol. The van der Waals surface area contributed by atoms with Crippen molar-refractivity contribution in [2.45, 2.75) is 25.9 Å². The smallest absolute Gasteiger partial charge is 0.255 e. The molecule has 0 heterocycles. The molecule has 0 fully saturated rings. The summed E-state index contributed by atoms with van der Waals surface area (Å²) in [5.41, 5.74) is 3.54. The monoisotopic (exact) mass is 634 g/mol. The van der Waals surface area contributed by atoms with Crippen LogP contribution in [0.1, 0.15) is 57.8 Å². The minimum Gasteiger partial charge on any atom is -0.488 e. The van der Waals surface area contributed by atoms with Crippen LogP contribution in [-0.2, 0) is 0 Å². The van der Waals surface area contributed by atoms with Crippen LogP contribution < -0.4 is 20.1 Å². The Hall–Kier alpha value is -5.88. The summed E-state index contributed by atoms with van der Waals surface area (Å²) in [6.45, 7) is 8.33. The van der Waals surface area contributed by atoms with Gasteiger partial charge in [-0.2, -0.15) is 0 Å². The number of carbonyl (C=O) groups is 2. The van der Waals surface area contributed by atoms with E-state index in [2.05, 4.69) is 17.2 Å². The van der Waals surface area contributed by atoms with E-state index in [1.54, 1.807) is 0 Å². The lowest BCUT2D eigenvalue weighted by molar-refractivity contribution is 0.0928. The molecule has 48 heavy (non-hydrogen) atoms. The first-order valence-corrected chi connectivity index (χ1v) is 16.0. The molecule has 2 amide bonds. The summed E-state index contributed by atoms with van der Waals surface area (Å²) in [5.74, 6) is 0.442. The zero-order chi connectivity index (χ0) is 33.5. The van der Waals surface area contributed by atoms with Gasteiger partial charge in [0.05, 0.1) is 23.2 Å². The molecule has 6 aromatic carbocycles. The maximum Gasteiger partial charge on any atom is 0.255 e. The molecule has 0 saturated heterocycles. The van der Waals surface area contributed by atoms with Gasteiger partial charge >= 0.3 is 0 Å². The largest absolute Gasteiger partial charge is 0.488 e. The Kier molecular flexibility index (Phi) is 9.82. The fourth-order valence-corrected chi connectivity index (χ4v) is 5.63. The van der Waals surface area contributed by atoms with Gasteiger partial charge in [-0.05, 0) is 76.4 Å². The van der Waals surface area contributed by atoms with Gasteiger partial charge < -0.3 is 20.1 Å². The highest BCUT2D eigenvalue weighted by molar-refractivity contribution is 6.02. The molecular weight excluding hydrogens is 596 g/mol. The molecule has 0 radical (unpaired) electrons. The number of nitrogens with one attached hydrogen (secondary N) is 2. The Morgan fingerprint density at radius 1 is 0.542 bits per heavy atom. The second kappa shape index (κ2) is 14.7. The molecular formula is C42H38N2O4. The van der Waals surface area contributed by atoms with Gasteiger partial charge in [0.15, 0.2) is 0 Å². The van der Waals surface area contributed by atoms with Crippen molar-refractivity contribution in [3.05, 3.63) is 168 Å². The lowest BCUT2D eigenvalue weighted by atomic mass is 10.0. The van der Waals surface area contributed by atoms with Gasteiger partial charge in [-0.3, -0.25) is 9.59 Å². The molecule has 0 saturated carbocycles. The fourth-order valence-electron chi connectivity index (χ4n) is 5.63. The van der Waals surface area contributed by atoms with Crippen LogP contribution in [0.5, 0.6) is 11.5 Å². The van der Waals surface area contributed by atoms with Crippen molar-refractivity contribution < 1.29 is 19.1 Å². The van der Waals surface area contributed by atoms with E-state index in [4.69, 9.17) is 9.47 Å². The van der Waals surface area contributed by atoms with Crippen LogP contribution >= 0.6 is 0 Å². The van der Waals surface area contributed by atoms with Crippen LogP contribution in [0.15, 0.2) is 146 Å². The number of carbonyl (C=O) groups excluding carboxylic acids is 2. The van der Waals surface area contributed by atoms with E-state index in [1.807, 2.05) is 147 Å². The first-order chi connectivity index (χ1) is 23.4. The zero-order valence-corrected chi connectivity index (χ0v) is 27.1. The molecule has 6 rings (SSSR count). The second-order valence-corrected chi connectivity index (χ2v) is 11.9. The molecule has 6 aromatic rings. The van der Waals surface area contributed by atoms with Crippen LogP contribution in [0.4, 0.5) is 0 Å². The number of ether oxygens (including phenoxy) is 2. The normalized spacial score (nSPS) is 12.2. The van der Waals surface area contributed by atoms with Crippen molar-refractivity contribution in [2.75, 3.05) is 13.2 Å². The summed E-state index contributed by atoms with van der Waals surface area (Å²) in [7, 11) is 0. The Bertz CT molecular complexity index is 1930. The van der Waals surface area contributed by atoms with E-state index in [1.165, 1.54) is 0 Å². The molecule has 6 nitrogen and oxygen atoms in total. The van der Waals surface area contributed by atoms with Gasteiger partial charge in [-0.15, -0.1) is 0 Å². The molecule has 6 heteroatoms. The summed E-state index contributed by atoms with van der Waals surface area (Å²) >= 11 is 0. The predicted octanol–water partition coefficient (Wildman–Crippen LogP) is 8.99. The second-order valence-electron chi connectivity index (χ2n) is 11.9. The first kappa shape index (κ1) is 32.1. The Labute approximate surface area is 281 Å². The van der Waals surface area contributed by atoms with Crippen LogP contribution in [0.3, 0.4) is 0 Å². The quantitative estimate of drug-likeness (QED) is 0.132. The first-order valence-electron chi connectivity index (χ1n) is 16.0. The maximum absolute atomic E-state index is 13.5. The summed E-state index contributed by atoms with van der Waals surface area (Å²) in [4.78, 5) is 27.1. The van der Waals surface area contributed by atoms with Crippen LogP contribution in [0, 0.1) is 0 Å². The number of benzene rings is 6. The van der Waals surface area contributed by atoms with E-state index in [0.717, 1.165) is 32.7 Å². The number of rotatable bonds is 12. The third-order valence-corrected chi connectivity index (χ3v) is 8.34. The lowest BCUT2D eigenvalue weighted by Gasteiger charge is -2.19.